The lowest BCUT2D eigenvalue weighted by Crippen LogP contribution is -2.11. The maximum Gasteiger partial charge on any atom is 0.238 e. The highest BCUT2D eigenvalue weighted by molar-refractivity contribution is 7.99. The zero-order chi connectivity index (χ0) is 13.2. The third-order valence-electron chi connectivity index (χ3n) is 3.13. The molecule has 1 aromatic heterocycles. The first-order chi connectivity index (χ1) is 9.26. The predicted octanol–water partition coefficient (Wildman–Crippen LogP) is 2.54. The van der Waals surface area contributed by atoms with Crippen LogP contribution in [0.1, 0.15) is 17.5 Å². The Morgan fingerprint density at radius 3 is 2.95 bits per heavy atom. The van der Waals surface area contributed by atoms with E-state index in [1.165, 1.54) is 29.3 Å². The molecular formula is C13H13FN4S. The van der Waals surface area contributed by atoms with Gasteiger partial charge in [-0.1, -0.05) is 17.8 Å². The van der Waals surface area contributed by atoms with Crippen LogP contribution in [-0.4, -0.2) is 9.97 Å². The minimum absolute atomic E-state index is 0.213. The number of benzene rings is 1. The molecule has 0 radical (unpaired) electrons. The van der Waals surface area contributed by atoms with Gasteiger partial charge in [0.05, 0.1) is 6.20 Å². The molecule has 2 aromatic rings. The lowest BCUT2D eigenvalue weighted by atomic mass is 10.1. The van der Waals surface area contributed by atoms with Gasteiger partial charge in [-0.3, -0.25) is 5.43 Å². The monoisotopic (exact) mass is 276 g/mol. The Hall–Kier alpha value is -1.66. The molecule has 6 heteroatoms. The van der Waals surface area contributed by atoms with E-state index in [0.717, 1.165) is 23.9 Å². The van der Waals surface area contributed by atoms with Crippen LogP contribution in [0.4, 0.5) is 10.3 Å². The number of anilines is 1. The van der Waals surface area contributed by atoms with Gasteiger partial charge in [-0.05, 0) is 42.5 Å². The summed E-state index contributed by atoms with van der Waals surface area (Å²) in [6.45, 7) is 0. The smallest absolute Gasteiger partial charge is 0.238 e. The minimum Gasteiger partial charge on any atom is -0.292 e. The highest BCUT2D eigenvalue weighted by Crippen LogP contribution is 2.32. The van der Waals surface area contributed by atoms with Crippen LogP contribution in [0.3, 0.4) is 0 Å². The Balaban J connectivity index is 1.88. The van der Waals surface area contributed by atoms with Crippen LogP contribution in [-0.2, 0) is 12.8 Å². The van der Waals surface area contributed by atoms with Crippen molar-refractivity contribution in [2.24, 2.45) is 5.84 Å². The third-order valence-corrected chi connectivity index (χ3v) is 4.09. The van der Waals surface area contributed by atoms with Gasteiger partial charge in [0.15, 0.2) is 5.82 Å². The number of nitrogens with zero attached hydrogens (tertiary/aromatic N) is 2. The van der Waals surface area contributed by atoms with E-state index in [2.05, 4.69) is 27.5 Å². The molecule has 0 atom stereocenters. The topological polar surface area (TPSA) is 63.8 Å². The normalized spacial score (nSPS) is 13.4. The van der Waals surface area contributed by atoms with E-state index >= 15 is 0 Å². The number of nitrogens with two attached hydrogens (primary N) is 1. The second-order valence-electron chi connectivity index (χ2n) is 4.38. The molecule has 1 aromatic carbocycles. The van der Waals surface area contributed by atoms with Gasteiger partial charge in [0.2, 0.25) is 5.95 Å². The van der Waals surface area contributed by atoms with Crippen LogP contribution in [0, 0.1) is 5.82 Å². The summed E-state index contributed by atoms with van der Waals surface area (Å²) >= 11 is 1.29. The summed E-state index contributed by atoms with van der Waals surface area (Å²) in [4.78, 5) is 8.73. The quantitative estimate of drug-likeness (QED) is 0.512. The van der Waals surface area contributed by atoms with Crippen LogP contribution in [0.5, 0.6) is 0 Å². The molecular weight excluding hydrogens is 263 g/mol. The van der Waals surface area contributed by atoms with Crippen LogP contribution >= 0.6 is 11.8 Å². The summed E-state index contributed by atoms with van der Waals surface area (Å²) in [7, 11) is 0. The van der Waals surface area contributed by atoms with Crippen molar-refractivity contribution in [1.29, 1.82) is 0 Å². The zero-order valence-corrected chi connectivity index (χ0v) is 11.0. The van der Waals surface area contributed by atoms with Crippen LogP contribution in [0.15, 0.2) is 34.3 Å². The molecule has 0 bridgehead atoms. The van der Waals surface area contributed by atoms with E-state index in [9.17, 15) is 4.39 Å². The Kier molecular flexibility index (Phi) is 3.35. The second kappa shape index (κ2) is 5.14. The molecule has 1 aliphatic carbocycles. The first kappa shape index (κ1) is 12.4. The second-order valence-corrected chi connectivity index (χ2v) is 5.44. The molecule has 19 heavy (non-hydrogen) atoms. The first-order valence-corrected chi connectivity index (χ1v) is 6.87. The summed E-state index contributed by atoms with van der Waals surface area (Å²) in [6, 6.07) is 6.24. The Morgan fingerprint density at radius 2 is 2.11 bits per heavy atom. The molecule has 0 spiro atoms. The van der Waals surface area contributed by atoms with Crippen molar-refractivity contribution in [3.8, 4) is 0 Å². The van der Waals surface area contributed by atoms with E-state index in [1.54, 1.807) is 0 Å². The number of fused-ring (bicyclic) bond motifs is 1. The first-order valence-electron chi connectivity index (χ1n) is 6.05. The lowest BCUT2D eigenvalue weighted by Gasteiger charge is -2.06. The fraction of sp³-hybridized carbons (Fsp3) is 0.231. The van der Waals surface area contributed by atoms with Gasteiger partial charge in [0.25, 0.3) is 0 Å². The molecule has 0 aliphatic heterocycles. The number of halogens is 1. The van der Waals surface area contributed by atoms with Gasteiger partial charge < -0.3 is 0 Å². The molecule has 0 fully saturated rings. The van der Waals surface area contributed by atoms with Crippen molar-refractivity contribution in [3.05, 3.63) is 41.3 Å². The standard InChI is InChI=1S/C13H13FN4S/c14-11-7-16-13(18-15)17-12(11)19-10-5-4-8-2-1-3-9(8)6-10/h4-7H,1-3,15H2,(H,16,17,18). The van der Waals surface area contributed by atoms with E-state index in [4.69, 9.17) is 5.84 Å². The number of nitrogen functional groups attached to an aromatic ring is 1. The van der Waals surface area contributed by atoms with Gasteiger partial charge in [0, 0.05) is 4.90 Å². The average Bonchev–Trinajstić information content (AvgIpc) is 2.89. The third kappa shape index (κ3) is 2.54. The van der Waals surface area contributed by atoms with Crippen LogP contribution in [0.2, 0.25) is 0 Å². The molecule has 3 N–H and O–H groups in total. The van der Waals surface area contributed by atoms with Crippen molar-refractivity contribution in [2.45, 2.75) is 29.2 Å². The zero-order valence-electron chi connectivity index (χ0n) is 10.2. The van der Waals surface area contributed by atoms with Crippen LogP contribution in [0.25, 0.3) is 0 Å². The summed E-state index contributed by atoms with van der Waals surface area (Å²) in [5.74, 6) is 5.00. The van der Waals surface area contributed by atoms with E-state index in [1.807, 2.05) is 6.07 Å². The number of aryl methyl sites for hydroxylation is 2. The lowest BCUT2D eigenvalue weighted by molar-refractivity contribution is 0.580. The fourth-order valence-electron chi connectivity index (χ4n) is 2.22. The number of rotatable bonds is 3. The van der Waals surface area contributed by atoms with Gasteiger partial charge in [-0.15, -0.1) is 0 Å². The highest BCUT2D eigenvalue weighted by atomic mass is 32.2. The maximum atomic E-state index is 13.7. The predicted molar refractivity (Wildman–Crippen MR) is 72.4 cm³/mol. The van der Waals surface area contributed by atoms with Gasteiger partial charge in [-0.2, -0.15) is 0 Å². The molecule has 3 rings (SSSR count). The van der Waals surface area contributed by atoms with Crippen molar-refractivity contribution < 1.29 is 4.39 Å². The van der Waals surface area contributed by atoms with E-state index in [0.29, 0.717) is 0 Å². The molecule has 1 heterocycles. The van der Waals surface area contributed by atoms with Crippen molar-refractivity contribution >= 4 is 17.7 Å². The summed E-state index contributed by atoms with van der Waals surface area (Å²) in [5.41, 5.74) is 5.08. The number of nitrogens with one attached hydrogen (secondary N) is 1. The molecule has 4 nitrogen and oxygen atoms in total. The number of aromatic nitrogens is 2. The average molecular weight is 276 g/mol. The number of hydrogen-bond acceptors (Lipinski definition) is 5. The largest absolute Gasteiger partial charge is 0.292 e. The van der Waals surface area contributed by atoms with Gasteiger partial charge >= 0.3 is 0 Å². The summed E-state index contributed by atoms with van der Waals surface area (Å²) in [5, 5.41) is 0.279. The molecule has 98 valence electrons. The van der Waals surface area contributed by atoms with Crippen molar-refractivity contribution in [2.75, 3.05) is 5.43 Å². The Bertz CT molecular complexity index is 618. The molecule has 0 saturated carbocycles. The number of hydrazine groups is 1. The van der Waals surface area contributed by atoms with Gasteiger partial charge in [-0.25, -0.2) is 20.2 Å². The van der Waals surface area contributed by atoms with Crippen molar-refractivity contribution in [1.82, 2.24) is 9.97 Å². The van der Waals surface area contributed by atoms with Crippen molar-refractivity contribution in [3.63, 3.8) is 0 Å². The fourth-order valence-corrected chi connectivity index (χ4v) is 3.06. The van der Waals surface area contributed by atoms with Gasteiger partial charge in [0.1, 0.15) is 5.03 Å². The van der Waals surface area contributed by atoms with Crippen LogP contribution < -0.4 is 11.3 Å². The Labute approximate surface area is 114 Å². The molecule has 1 aliphatic rings. The Morgan fingerprint density at radius 1 is 1.26 bits per heavy atom. The van der Waals surface area contributed by atoms with E-state index < -0.39 is 5.82 Å². The molecule has 0 amide bonds. The van der Waals surface area contributed by atoms with E-state index in [-0.39, 0.29) is 11.0 Å². The summed E-state index contributed by atoms with van der Waals surface area (Å²) < 4.78 is 13.7. The molecule has 0 unspecified atom stereocenters. The highest BCUT2D eigenvalue weighted by Gasteiger charge is 2.13. The molecule has 0 saturated heterocycles. The summed E-state index contributed by atoms with van der Waals surface area (Å²) in [6.07, 6.45) is 4.57. The maximum absolute atomic E-state index is 13.7. The number of hydrogen-bond donors (Lipinski definition) is 2. The SMILES string of the molecule is NNc1ncc(F)c(Sc2ccc3c(c2)CCC3)n1. The minimum atomic E-state index is -0.440.